The van der Waals surface area contributed by atoms with Gasteiger partial charge in [-0.2, -0.15) is 0 Å². The molecule has 0 spiro atoms. The van der Waals surface area contributed by atoms with Gasteiger partial charge in [0.2, 0.25) is 21.8 Å². The van der Waals surface area contributed by atoms with Gasteiger partial charge < -0.3 is 15.5 Å². The van der Waals surface area contributed by atoms with E-state index in [4.69, 9.17) is 28.9 Å². The summed E-state index contributed by atoms with van der Waals surface area (Å²) in [6.07, 6.45) is 7.40. The van der Waals surface area contributed by atoms with Gasteiger partial charge in [-0.05, 0) is 111 Å². The maximum Gasteiger partial charge on any atom is 0.246 e. The lowest BCUT2D eigenvalue weighted by molar-refractivity contribution is -0.132. The molecule has 0 bridgehead atoms. The summed E-state index contributed by atoms with van der Waals surface area (Å²) in [6, 6.07) is 23.5. The van der Waals surface area contributed by atoms with Crippen molar-refractivity contribution in [2.45, 2.75) is 65.0 Å². The first kappa shape index (κ1) is 46.3. The maximum absolute atomic E-state index is 13.2. The van der Waals surface area contributed by atoms with Crippen LogP contribution in [0.2, 0.25) is 10.0 Å². The highest BCUT2D eigenvalue weighted by molar-refractivity contribution is 7.92. The van der Waals surface area contributed by atoms with Gasteiger partial charge in [-0.25, -0.2) is 17.2 Å². The first-order chi connectivity index (χ1) is 28.3. The minimum atomic E-state index is -3.49. The van der Waals surface area contributed by atoms with Crippen molar-refractivity contribution in [3.8, 4) is 0 Å². The Morgan fingerprint density at radius 3 is 1.52 bits per heavy atom. The van der Waals surface area contributed by atoms with Crippen LogP contribution in [0.5, 0.6) is 0 Å². The molecule has 6 rings (SSSR count). The van der Waals surface area contributed by atoms with Gasteiger partial charge >= 0.3 is 0 Å². The lowest BCUT2D eigenvalue weighted by atomic mass is 10.1. The zero-order chi connectivity index (χ0) is 43.7. The number of rotatable bonds is 10. The van der Waals surface area contributed by atoms with E-state index in [0.29, 0.717) is 53.2 Å². The number of hydrogen-bond donors (Lipinski definition) is 2. The second-order valence-electron chi connectivity index (χ2n) is 15.5. The Labute approximate surface area is 362 Å². The number of hydrogen-bond acceptors (Lipinski definition) is 7. The second kappa shape index (κ2) is 20.7. The van der Waals surface area contributed by atoms with Crippen molar-refractivity contribution in [3.63, 3.8) is 0 Å². The molecule has 2 fully saturated rings. The number of anilines is 2. The number of carbonyl (C=O) groups excluding carboxylic acids is 2. The number of piperazine rings is 2. The van der Waals surface area contributed by atoms with E-state index < -0.39 is 10.0 Å². The zero-order valence-corrected chi connectivity index (χ0v) is 36.7. The monoisotopic (exact) mass is 880 g/mol. The van der Waals surface area contributed by atoms with E-state index in [1.54, 1.807) is 60.7 Å². The Morgan fingerprint density at radius 2 is 1.08 bits per heavy atom. The lowest BCUT2D eigenvalue weighted by Gasteiger charge is -2.44. The van der Waals surface area contributed by atoms with Gasteiger partial charge in [0.15, 0.2) is 0 Å². The third-order valence-electron chi connectivity index (χ3n) is 10.6. The highest BCUT2D eigenvalue weighted by Gasteiger charge is 2.32. The van der Waals surface area contributed by atoms with Crippen molar-refractivity contribution in [1.82, 2.24) is 19.6 Å². The van der Waals surface area contributed by atoms with Crippen LogP contribution in [0.1, 0.15) is 49.9 Å². The number of nitrogens with zero attached hydrogens (tertiary/aromatic N) is 4. The summed E-state index contributed by atoms with van der Waals surface area (Å²) in [5.74, 6) is -0.664. The molecule has 2 aliphatic heterocycles. The summed E-state index contributed by atoms with van der Waals surface area (Å²) in [6.45, 7) is 12.3. The molecule has 2 saturated heterocycles. The van der Waals surface area contributed by atoms with Crippen LogP contribution in [0.4, 0.5) is 20.2 Å². The van der Waals surface area contributed by atoms with Crippen LogP contribution < -0.4 is 10.5 Å². The molecule has 3 N–H and O–H groups in total. The molecule has 10 nitrogen and oxygen atoms in total. The van der Waals surface area contributed by atoms with E-state index >= 15 is 0 Å². The van der Waals surface area contributed by atoms with Gasteiger partial charge in [0.1, 0.15) is 11.6 Å². The quantitative estimate of drug-likeness (QED) is 0.122. The van der Waals surface area contributed by atoms with E-state index in [2.05, 4.69) is 28.4 Å². The Bertz CT molecular complexity index is 2300. The number of carbonyl (C=O) groups is 2. The summed E-state index contributed by atoms with van der Waals surface area (Å²) >= 11 is 11.9. The molecule has 4 atom stereocenters. The molecule has 2 aliphatic rings. The van der Waals surface area contributed by atoms with Crippen molar-refractivity contribution in [2.24, 2.45) is 0 Å². The number of halogens is 4. The molecular weight excluding hydrogens is 830 g/mol. The molecule has 0 unspecified atom stereocenters. The van der Waals surface area contributed by atoms with Crippen molar-refractivity contribution in [3.05, 3.63) is 141 Å². The number of nitrogens with one attached hydrogen (secondary N) is 1. The average Bonchev–Trinajstić information content (AvgIpc) is 3.18. The minimum Gasteiger partial charge on any atom is -0.398 e. The Balaban J connectivity index is 0.000000230. The number of amides is 2. The van der Waals surface area contributed by atoms with E-state index in [-0.39, 0.29) is 47.6 Å². The van der Waals surface area contributed by atoms with Crippen LogP contribution in [-0.4, -0.2) is 96.4 Å². The standard InChI is InChI=1S/C23H27ClFN3O3S.C22H25ClFN3O/c1-16-14-28(17(2)13-27(16)15-18-4-9-21(25)10-5-18)23(29)11-7-19-6-8-20(24)12-22(19)26-32(3,30)31;1-15-13-27(22(28)10-6-18-5-7-19(23)11-21(18)25)16(2)12-26(15)14-17-3-8-20(24)9-4-17/h4-12,16-17,26H,13-15H2,1-3H3;3-11,15-16H,12-14,25H2,1-2H3/b11-7+;10-6+/t16-,17+;15-,16+/m00/s1. The van der Waals surface area contributed by atoms with Crippen molar-refractivity contribution in [2.75, 3.05) is 42.9 Å². The largest absolute Gasteiger partial charge is 0.398 e. The van der Waals surface area contributed by atoms with Gasteiger partial charge in [-0.15, -0.1) is 0 Å². The number of nitrogens with two attached hydrogens (primary N) is 1. The molecule has 15 heteroatoms. The zero-order valence-electron chi connectivity index (χ0n) is 34.4. The van der Waals surface area contributed by atoms with E-state index in [1.165, 1.54) is 36.4 Å². The predicted octanol–water partition coefficient (Wildman–Crippen LogP) is 8.18. The first-order valence-corrected chi connectivity index (χ1v) is 22.3. The summed E-state index contributed by atoms with van der Waals surface area (Å²) in [7, 11) is -3.49. The molecule has 0 radical (unpaired) electrons. The van der Waals surface area contributed by atoms with Crippen molar-refractivity contribution in [1.29, 1.82) is 0 Å². The molecule has 0 saturated carbocycles. The molecule has 2 heterocycles. The van der Waals surface area contributed by atoms with E-state index in [9.17, 15) is 26.8 Å². The number of sulfonamides is 1. The Kier molecular flexibility index (Phi) is 15.9. The fraction of sp³-hybridized carbons (Fsp3) is 0.333. The van der Waals surface area contributed by atoms with E-state index in [1.807, 2.05) is 35.8 Å². The fourth-order valence-electron chi connectivity index (χ4n) is 7.27. The summed E-state index contributed by atoms with van der Waals surface area (Å²) in [4.78, 5) is 33.9. The molecule has 0 aromatic heterocycles. The fourth-order valence-corrected chi connectivity index (χ4v) is 8.20. The summed E-state index contributed by atoms with van der Waals surface area (Å²) in [5, 5.41) is 0.958. The normalized spacial score (nSPS) is 20.3. The molecular formula is C45H52Cl2F2N6O4S. The molecule has 0 aliphatic carbocycles. The summed E-state index contributed by atoms with van der Waals surface area (Å²) in [5.41, 5.74) is 10.2. The van der Waals surface area contributed by atoms with Crippen LogP contribution in [0, 0.1) is 11.6 Å². The maximum atomic E-state index is 13.2. The average molecular weight is 882 g/mol. The lowest BCUT2D eigenvalue weighted by Crippen LogP contribution is -2.57. The van der Waals surface area contributed by atoms with Crippen molar-refractivity contribution < 1.29 is 26.8 Å². The highest BCUT2D eigenvalue weighted by Crippen LogP contribution is 2.25. The second-order valence-corrected chi connectivity index (χ2v) is 18.2. The van der Waals surface area contributed by atoms with Gasteiger partial charge in [0.05, 0.1) is 11.9 Å². The molecule has 60 heavy (non-hydrogen) atoms. The van der Waals surface area contributed by atoms with Crippen LogP contribution >= 0.6 is 23.2 Å². The van der Waals surface area contributed by atoms with Crippen molar-refractivity contribution >= 4 is 68.6 Å². The summed E-state index contributed by atoms with van der Waals surface area (Å²) < 4.78 is 52.0. The minimum absolute atomic E-state index is 0.0115. The van der Waals surface area contributed by atoms with Gasteiger partial charge in [0.25, 0.3) is 0 Å². The van der Waals surface area contributed by atoms with Crippen LogP contribution in [0.25, 0.3) is 12.2 Å². The third-order valence-corrected chi connectivity index (χ3v) is 11.6. The molecule has 4 aromatic carbocycles. The van der Waals surface area contributed by atoms with Gasteiger partial charge in [-0.1, -0.05) is 59.6 Å². The Morgan fingerprint density at radius 1 is 0.667 bits per heavy atom. The molecule has 4 aromatic rings. The van der Waals surface area contributed by atoms with E-state index in [0.717, 1.165) is 36.0 Å². The third kappa shape index (κ3) is 13.4. The Hall–Kier alpha value is -4.79. The van der Waals surface area contributed by atoms with Crippen LogP contribution in [-0.2, 0) is 32.7 Å². The first-order valence-electron chi connectivity index (χ1n) is 19.6. The molecule has 320 valence electrons. The van der Waals surface area contributed by atoms with Gasteiger partial charge in [0, 0.05) is 91.3 Å². The SMILES string of the molecule is C[C@@H]1CN(Cc2ccc(F)cc2)[C@@H](C)CN1C(=O)/C=C/c1ccc(Cl)cc1N.C[C@@H]1CN(Cc2ccc(F)cc2)[C@@H](C)CN1C(=O)/C=C/c1ccc(Cl)cc1NS(C)(=O)=O. The highest BCUT2D eigenvalue weighted by atomic mass is 35.5. The number of nitrogen functional groups attached to an aromatic ring is 1. The van der Waals surface area contributed by atoms with Gasteiger partial charge in [-0.3, -0.25) is 24.1 Å². The van der Waals surface area contributed by atoms with Crippen LogP contribution in [0.15, 0.2) is 97.1 Å². The number of benzene rings is 4. The predicted molar refractivity (Wildman–Crippen MR) is 239 cm³/mol. The van der Waals surface area contributed by atoms with Crippen LogP contribution in [0.3, 0.4) is 0 Å². The smallest absolute Gasteiger partial charge is 0.246 e. The topological polar surface area (TPSA) is 119 Å². The molecule has 2 amide bonds.